The van der Waals surface area contributed by atoms with Crippen LogP contribution in [0, 0.1) is 0 Å². The van der Waals surface area contributed by atoms with Crippen molar-refractivity contribution in [2.45, 2.75) is 12.5 Å². The fraction of sp³-hybridized carbons (Fsp3) is 0.600. The molecule has 0 aromatic carbocycles. The SMILES string of the molecule is CC(Cl)OC(=O)OCC(=O)O. The second kappa shape index (κ2) is 4.79. The predicted molar refractivity (Wildman–Crippen MR) is 35.4 cm³/mol. The molecule has 0 aliphatic rings. The molecule has 0 aromatic rings. The van der Waals surface area contributed by atoms with E-state index in [4.69, 9.17) is 16.7 Å². The largest absolute Gasteiger partial charge is 0.510 e. The number of alkyl halides is 1. The van der Waals surface area contributed by atoms with Crippen LogP contribution in [0.2, 0.25) is 0 Å². The second-order valence-electron chi connectivity index (χ2n) is 1.59. The number of aliphatic carboxylic acids is 1. The third kappa shape index (κ3) is 6.92. The molecule has 0 rings (SSSR count). The van der Waals surface area contributed by atoms with Gasteiger partial charge < -0.3 is 14.6 Å². The minimum Gasteiger partial charge on any atom is -0.479 e. The van der Waals surface area contributed by atoms with Crippen LogP contribution in [0.5, 0.6) is 0 Å². The van der Waals surface area contributed by atoms with E-state index in [-0.39, 0.29) is 0 Å². The predicted octanol–water partition coefficient (Wildman–Crippen LogP) is 0.809. The van der Waals surface area contributed by atoms with Crippen LogP contribution in [0.3, 0.4) is 0 Å². The molecule has 0 aromatic heterocycles. The van der Waals surface area contributed by atoms with Gasteiger partial charge >= 0.3 is 12.1 Å². The van der Waals surface area contributed by atoms with E-state index in [1.807, 2.05) is 0 Å². The highest BCUT2D eigenvalue weighted by atomic mass is 35.5. The molecule has 0 amide bonds. The molecule has 0 aliphatic heterocycles. The molecule has 0 radical (unpaired) electrons. The van der Waals surface area contributed by atoms with E-state index in [2.05, 4.69) is 9.47 Å². The van der Waals surface area contributed by atoms with Crippen molar-refractivity contribution in [3.05, 3.63) is 0 Å². The van der Waals surface area contributed by atoms with E-state index in [1.54, 1.807) is 0 Å². The molecule has 0 saturated heterocycles. The maximum absolute atomic E-state index is 10.4. The van der Waals surface area contributed by atoms with E-state index in [0.29, 0.717) is 0 Å². The summed E-state index contributed by atoms with van der Waals surface area (Å²) >= 11 is 5.22. The van der Waals surface area contributed by atoms with Crippen LogP contribution in [0.4, 0.5) is 4.79 Å². The molecule has 5 nitrogen and oxygen atoms in total. The van der Waals surface area contributed by atoms with Gasteiger partial charge in [-0.3, -0.25) is 0 Å². The molecule has 0 fully saturated rings. The molecule has 11 heavy (non-hydrogen) atoms. The molecular formula is C5H7ClO5. The number of carbonyl (C=O) groups excluding carboxylic acids is 1. The maximum atomic E-state index is 10.4. The van der Waals surface area contributed by atoms with Crippen molar-refractivity contribution in [1.82, 2.24) is 0 Å². The summed E-state index contributed by atoms with van der Waals surface area (Å²) in [4.78, 5) is 20.2. The molecule has 6 heteroatoms. The highest BCUT2D eigenvalue weighted by Crippen LogP contribution is 1.97. The first-order chi connectivity index (χ1) is 5.02. The molecule has 1 atom stereocenters. The summed E-state index contributed by atoms with van der Waals surface area (Å²) in [5.41, 5.74) is -0.823. The normalized spacial score (nSPS) is 11.8. The van der Waals surface area contributed by atoms with Gasteiger partial charge in [0.05, 0.1) is 0 Å². The lowest BCUT2D eigenvalue weighted by Gasteiger charge is -2.04. The summed E-state index contributed by atoms with van der Waals surface area (Å²) in [7, 11) is 0. The number of hydrogen-bond acceptors (Lipinski definition) is 4. The summed E-state index contributed by atoms with van der Waals surface area (Å²) in [6.07, 6.45) is -1.09. The number of halogens is 1. The summed E-state index contributed by atoms with van der Waals surface area (Å²) in [6.45, 7) is 0.687. The van der Waals surface area contributed by atoms with Crippen molar-refractivity contribution in [1.29, 1.82) is 0 Å². The number of carboxylic acids is 1. The third-order valence-corrected chi connectivity index (χ3v) is 0.661. The monoisotopic (exact) mass is 182 g/mol. The number of carboxylic acid groups (broad SMARTS) is 1. The maximum Gasteiger partial charge on any atom is 0.510 e. The van der Waals surface area contributed by atoms with E-state index in [9.17, 15) is 9.59 Å². The molecule has 64 valence electrons. The Bertz CT molecular complexity index is 155. The fourth-order valence-electron chi connectivity index (χ4n) is 0.287. The molecule has 0 saturated carbocycles. The fourth-order valence-corrected chi connectivity index (χ4v) is 0.360. The van der Waals surface area contributed by atoms with Crippen molar-refractivity contribution in [2.24, 2.45) is 0 Å². The Labute approximate surface area is 67.8 Å². The summed E-state index contributed by atoms with van der Waals surface area (Å²) in [5, 5.41) is 8.03. The van der Waals surface area contributed by atoms with Gasteiger partial charge in [-0.2, -0.15) is 0 Å². The Kier molecular flexibility index (Phi) is 4.36. The molecule has 0 aliphatic carbocycles. The van der Waals surface area contributed by atoms with Gasteiger partial charge in [-0.25, -0.2) is 9.59 Å². The number of rotatable bonds is 3. The van der Waals surface area contributed by atoms with Gasteiger partial charge in [0.25, 0.3) is 0 Å². The highest BCUT2D eigenvalue weighted by molar-refractivity contribution is 6.19. The highest BCUT2D eigenvalue weighted by Gasteiger charge is 2.09. The van der Waals surface area contributed by atoms with Gasteiger partial charge in [-0.05, 0) is 6.92 Å². The van der Waals surface area contributed by atoms with Crippen molar-refractivity contribution in [3.8, 4) is 0 Å². The number of carbonyl (C=O) groups is 2. The first kappa shape index (κ1) is 10.0. The van der Waals surface area contributed by atoms with Crippen LogP contribution in [-0.4, -0.2) is 29.4 Å². The number of hydrogen-bond donors (Lipinski definition) is 1. The van der Waals surface area contributed by atoms with Crippen LogP contribution >= 0.6 is 11.6 Å². The molecule has 0 heterocycles. The average Bonchev–Trinajstić information content (AvgIpc) is 1.82. The lowest BCUT2D eigenvalue weighted by molar-refractivity contribution is -0.141. The van der Waals surface area contributed by atoms with Gasteiger partial charge in [0.15, 0.2) is 12.2 Å². The lowest BCUT2D eigenvalue weighted by Crippen LogP contribution is -2.16. The Hall–Kier alpha value is -0.970. The summed E-state index contributed by atoms with van der Waals surface area (Å²) in [6, 6.07) is 0. The Balaban J connectivity index is 3.45. The van der Waals surface area contributed by atoms with E-state index >= 15 is 0 Å². The van der Waals surface area contributed by atoms with E-state index in [1.165, 1.54) is 6.92 Å². The zero-order valence-electron chi connectivity index (χ0n) is 5.74. The van der Waals surface area contributed by atoms with E-state index in [0.717, 1.165) is 0 Å². The quantitative estimate of drug-likeness (QED) is 0.517. The van der Waals surface area contributed by atoms with E-state index < -0.39 is 24.3 Å². The minimum absolute atomic E-state index is 0.720. The lowest BCUT2D eigenvalue weighted by atomic mass is 10.7. The third-order valence-electron chi connectivity index (χ3n) is 0.572. The first-order valence-corrected chi connectivity index (χ1v) is 3.15. The molecule has 0 spiro atoms. The van der Waals surface area contributed by atoms with Crippen LogP contribution in [0.25, 0.3) is 0 Å². The van der Waals surface area contributed by atoms with Gasteiger partial charge in [0.1, 0.15) is 0 Å². The van der Waals surface area contributed by atoms with Gasteiger partial charge in [0.2, 0.25) is 0 Å². The molecule has 1 N–H and O–H groups in total. The summed E-state index contributed by atoms with van der Waals surface area (Å²) < 4.78 is 8.31. The van der Waals surface area contributed by atoms with Crippen LogP contribution < -0.4 is 0 Å². The molecule has 0 bridgehead atoms. The van der Waals surface area contributed by atoms with Crippen molar-refractivity contribution in [3.63, 3.8) is 0 Å². The van der Waals surface area contributed by atoms with Gasteiger partial charge in [-0.1, -0.05) is 11.6 Å². The van der Waals surface area contributed by atoms with Crippen molar-refractivity contribution in [2.75, 3.05) is 6.61 Å². The van der Waals surface area contributed by atoms with Crippen LogP contribution in [0.15, 0.2) is 0 Å². The van der Waals surface area contributed by atoms with Crippen LogP contribution in [0.1, 0.15) is 6.92 Å². The smallest absolute Gasteiger partial charge is 0.479 e. The van der Waals surface area contributed by atoms with Crippen LogP contribution in [-0.2, 0) is 14.3 Å². The minimum atomic E-state index is -1.25. The Morgan fingerprint density at radius 2 is 2.18 bits per heavy atom. The van der Waals surface area contributed by atoms with Gasteiger partial charge in [0, 0.05) is 0 Å². The zero-order chi connectivity index (χ0) is 8.85. The molecular weight excluding hydrogens is 176 g/mol. The van der Waals surface area contributed by atoms with Crippen molar-refractivity contribution < 1.29 is 24.2 Å². The Morgan fingerprint density at radius 3 is 2.55 bits per heavy atom. The standard InChI is InChI=1S/C5H7ClO5/c1-3(6)11-5(9)10-2-4(7)8/h3H,2H2,1H3,(H,7,8). The first-order valence-electron chi connectivity index (χ1n) is 2.71. The average molecular weight is 183 g/mol. The zero-order valence-corrected chi connectivity index (χ0v) is 6.50. The Morgan fingerprint density at radius 1 is 1.64 bits per heavy atom. The number of ether oxygens (including phenoxy) is 2. The molecule has 1 unspecified atom stereocenters. The second-order valence-corrected chi connectivity index (χ2v) is 2.21. The topological polar surface area (TPSA) is 72.8 Å². The summed E-state index contributed by atoms with van der Waals surface area (Å²) in [5.74, 6) is -1.25. The van der Waals surface area contributed by atoms with Crippen molar-refractivity contribution >= 4 is 23.7 Å². The van der Waals surface area contributed by atoms with Gasteiger partial charge in [-0.15, -0.1) is 0 Å².